The third kappa shape index (κ3) is 2.35. The molecule has 0 aliphatic heterocycles. The average Bonchev–Trinajstić information content (AvgIpc) is 2.98. The lowest BCUT2D eigenvalue weighted by Gasteiger charge is -2.11. The first kappa shape index (κ1) is 13.6. The third-order valence-electron chi connectivity index (χ3n) is 4.04. The van der Waals surface area contributed by atoms with Crippen LogP contribution in [0, 0.1) is 0 Å². The first-order valence-corrected chi connectivity index (χ1v) is 7.01. The summed E-state index contributed by atoms with van der Waals surface area (Å²) < 4.78 is 4.85. The van der Waals surface area contributed by atoms with Gasteiger partial charge in [0.25, 0.3) is 0 Å². The number of fused-ring (bicyclic) bond motifs is 1. The van der Waals surface area contributed by atoms with Crippen molar-refractivity contribution in [2.24, 2.45) is 0 Å². The van der Waals surface area contributed by atoms with Gasteiger partial charge in [0.1, 0.15) is 0 Å². The van der Waals surface area contributed by atoms with Gasteiger partial charge in [0.15, 0.2) is 5.78 Å². The van der Waals surface area contributed by atoms with Crippen LogP contribution in [0.1, 0.15) is 39.4 Å². The highest BCUT2D eigenvalue weighted by Gasteiger charge is 2.32. The zero-order chi connectivity index (χ0) is 14.8. The summed E-state index contributed by atoms with van der Waals surface area (Å²) in [6.07, 6.45) is 1.45. The monoisotopic (exact) mass is 280 g/mol. The highest BCUT2D eigenvalue weighted by atomic mass is 16.5. The topological polar surface area (TPSA) is 43.4 Å². The van der Waals surface area contributed by atoms with Crippen molar-refractivity contribution in [2.75, 3.05) is 7.11 Å². The molecule has 0 saturated carbocycles. The Kier molecular flexibility index (Phi) is 3.57. The van der Waals surface area contributed by atoms with E-state index in [1.54, 1.807) is 0 Å². The van der Waals surface area contributed by atoms with E-state index in [2.05, 4.69) is 0 Å². The lowest BCUT2D eigenvalue weighted by atomic mass is 9.94. The van der Waals surface area contributed by atoms with E-state index < -0.39 is 0 Å². The van der Waals surface area contributed by atoms with Gasteiger partial charge >= 0.3 is 5.97 Å². The van der Waals surface area contributed by atoms with E-state index in [-0.39, 0.29) is 17.7 Å². The van der Waals surface area contributed by atoms with Gasteiger partial charge in [0, 0.05) is 11.1 Å². The number of hydrogen-bond donors (Lipinski definition) is 0. The van der Waals surface area contributed by atoms with Crippen LogP contribution in [0.25, 0.3) is 0 Å². The van der Waals surface area contributed by atoms with E-state index >= 15 is 0 Å². The second-order valence-corrected chi connectivity index (χ2v) is 5.18. The van der Waals surface area contributed by atoms with Gasteiger partial charge < -0.3 is 4.74 Å². The summed E-state index contributed by atoms with van der Waals surface area (Å²) in [5.74, 6) is -0.454. The van der Waals surface area contributed by atoms with Crippen LogP contribution in [0.3, 0.4) is 0 Å². The maximum absolute atomic E-state index is 12.6. The van der Waals surface area contributed by atoms with Crippen molar-refractivity contribution in [3.05, 3.63) is 70.8 Å². The molecule has 1 aliphatic carbocycles. The van der Waals surface area contributed by atoms with Gasteiger partial charge in [-0.1, -0.05) is 48.5 Å². The molecule has 1 atom stereocenters. The predicted octanol–water partition coefficient (Wildman–Crippen LogP) is 3.12. The van der Waals surface area contributed by atoms with Crippen molar-refractivity contribution >= 4 is 11.8 Å². The molecule has 1 unspecified atom stereocenters. The van der Waals surface area contributed by atoms with Crippen molar-refractivity contribution in [3.8, 4) is 0 Å². The SMILES string of the molecule is COC(=O)C1CCc2c(C(=O)c3ccccc3)cccc21. The minimum absolute atomic E-state index is 0.0120. The van der Waals surface area contributed by atoms with Gasteiger partial charge in [-0.15, -0.1) is 0 Å². The second-order valence-electron chi connectivity index (χ2n) is 5.18. The van der Waals surface area contributed by atoms with Gasteiger partial charge in [0.2, 0.25) is 0 Å². The van der Waals surface area contributed by atoms with Gasteiger partial charge in [-0.05, 0) is 24.0 Å². The van der Waals surface area contributed by atoms with Crippen LogP contribution in [0.4, 0.5) is 0 Å². The Morgan fingerprint density at radius 2 is 1.81 bits per heavy atom. The zero-order valence-electron chi connectivity index (χ0n) is 11.8. The number of benzene rings is 2. The van der Waals surface area contributed by atoms with Gasteiger partial charge in [-0.25, -0.2) is 0 Å². The molecule has 106 valence electrons. The van der Waals surface area contributed by atoms with Crippen molar-refractivity contribution in [1.29, 1.82) is 0 Å². The van der Waals surface area contributed by atoms with Crippen LogP contribution < -0.4 is 0 Å². The Labute approximate surface area is 123 Å². The number of methoxy groups -OCH3 is 1. The van der Waals surface area contributed by atoms with Crippen LogP contribution >= 0.6 is 0 Å². The van der Waals surface area contributed by atoms with Gasteiger partial charge in [0.05, 0.1) is 13.0 Å². The largest absolute Gasteiger partial charge is 0.469 e. The fraction of sp³-hybridized carbons (Fsp3) is 0.222. The third-order valence-corrected chi connectivity index (χ3v) is 4.04. The van der Waals surface area contributed by atoms with Crippen LogP contribution in [0.5, 0.6) is 0 Å². The first-order valence-electron chi connectivity index (χ1n) is 7.01. The van der Waals surface area contributed by atoms with Crippen molar-refractivity contribution in [2.45, 2.75) is 18.8 Å². The molecular formula is C18H16O3. The van der Waals surface area contributed by atoms with Crippen LogP contribution in [0.2, 0.25) is 0 Å². The molecule has 0 radical (unpaired) electrons. The fourth-order valence-electron chi connectivity index (χ4n) is 3.00. The molecule has 3 nitrogen and oxygen atoms in total. The Balaban J connectivity index is 2.02. The molecule has 0 saturated heterocycles. The molecule has 0 fully saturated rings. The molecule has 3 rings (SSSR count). The summed E-state index contributed by atoms with van der Waals surface area (Å²) in [5, 5.41) is 0. The van der Waals surface area contributed by atoms with Crippen LogP contribution in [-0.2, 0) is 16.0 Å². The minimum atomic E-state index is -0.242. The van der Waals surface area contributed by atoms with Gasteiger partial charge in [-0.2, -0.15) is 0 Å². The number of carbonyl (C=O) groups is 2. The molecule has 0 spiro atoms. The molecule has 2 aromatic carbocycles. The summed E-state index contributed by atoms with van der Waals surface area (Å²) in [6.45, 7) is 0. The fourth-order valence-corrected chi connectivity index (χ4v) is 3.00. The van der Waals surface area contributed by atoms with Crippen molar-refractivity contribution in [3.63, 3.8) is 0 Å². The number of ether oxygens (including phenoxy) is 1. The van der Waals surface area contributed by atoms with E-state index in [1.165, 1.54) is 7.11 Å². The molecule has 0 aromatic heterocycles. The molecular weight excluding hydrogens is 264 g/mol. The summed E-state index contributed by atoms with van der Waals surface area (Å²) in [4.78, 5) is 24.5. The molecule has 2 aromatic rings. The van der Waals surface area contributed by atoms with E-state index in [4.69, 9.17) is 4.74 Å². The second kappa shape index (κ2) is 5.52. The van der Waals surface area contributed by atoms with Gasteiger partial charge in [-0.3, -0.25) is 9.59 Å². The lowest BCUT2D eigenvalue weighted by molar-refractivity contribution is -0.142. The molecule has 0 heterocycles. The Hall–Kier alpha value is -2.42. The maximum atomic E-state index is 12.6. The van der Waals surface area contributed by atoms with E-state index in [9.17, 15) is 9.59 Å². The number of rotatable bonds is 3. The number of ketones is 1. The molecule has 0 amide bonds. The highest BCUT2D eigenvalue weighted by Crippen LogP contribution is 2.36. The van der Waals surface area contributed by atoms with Crippen LogP contribution in [-0.4, -0.2) is 18.9 Å². The van der Waals surface area contributed by atoms with Crippen LogP contribution in [0.15, 0.2) is 48.5 Å². The van der Waals surface area contributed by atoms with Crippen molar-refractivity contribution < 1.29 is 14.3 Å². The average molecular weight is 280 g/mol. The summed E-state index contributed by atoms with van der Waals surface area (Å²) in [5.41, 5.74) is 3.29. The first-order chi connectivity index (χ1) is 10.2. The Morgan fingerprint density at radius 1 is 1.05 bits per heavy atom. The number of carbonyl (C=O) groups excluding carboxylic acids is 2. The maximum Gasteiger partial charge on any atom is 0.313 e. The molecule has 0 N–H and O–H groups in total. The van der Waals surface area contributed by atoms with E-state index in [1.807, 2.05) is 48.5 Å². The molecule has 21 heavy (non-hydrogen) atoms. The summed E-state index contributed by atoms with van der Waals surface area (Å²) in [6, 6.07) is 14.8. The lowest BCUT2D eigenvalue weighted by Crippen LogP contribution is -2.11. The standard InChI is InChI=1S/C18H16O3/c1-21-18(20)16-11-10-14-13(16)8-5-9-15(14)17(19)12-6-3-2-4-7-12/h2-9,16H,10-11H2,1H3. The number of hydrogen-bond acceptors (Lipinski definition) is 3. The number of esters is 1. The highest BCUT2D eigenvalue weighted by molar-refractivity contribution is 6.10. The Bertz CT molecular complexity index is 689. The smallest absolute Gasteiger partial charge is 0.313 e. The van der Waals surface area contributed by atoms with E-state index in [0.717, 1.165) is 17.5 Å². The molecule has 1 aliphatic rings. The quantitative estimate of drug-likeness (QED) is 0.641. The summed E-state index contributed by atoms with van der Waals surface area (Å²) >= 11 is 0. The van der Waals surface area contributed by atoms with E-state index in [0.29, 0.717) is 17.5 Å². The predicted molar refractivity (Wildman–Crippen MR) is 79.4 cm³/mol. The minimum Gasteiger partial charge on any atom is -0.469 e. The zero-order valence-corrected chi connectivity index (χ0v) is 11.8. The molecule has 3 heteroatoms. The summed E-state index contributed by atoms with van der Waals surface area (Å²) in [7, 11) is 1.40. The molecule has 0 bridgehead atoms. The van der Waals surface area contributed by atoms with Crippen molar-refractivity contribution in [1.82, 2.24) is 0 Å². The normalized spacial score (nSPS) is 16.3. The Morgan fingerprint density at radius 3 is 2.52 bits per heavy atom.